The van der Waals surface area contributed by atoms with Gasteiger partial charge in [-0.3, -0.25) is 4.79 Å². The maximum atomic E-state index is 12.5. The largest absolute Gasteiger partial charge is 0.377 e. The van der Waals surface area contributed by atoms with Crippen LogP contribution >= 0.6 is 0 Å². The number of ether oxygens (including phenoxy) is 3. The average molecular weight is 429 g/mol. The maximum absolute atomic E-state index is 12.5. The van der Waals surface area contributed by atoms with Gasteiger partial charge in [-0.1, -0.05) is 17.7 Å². The van der Waals surface area contributed by atoms with Crippen LogP contribution in [0.3, 0.4) is 0 Å². The van der Waals surface area contributed by atoms with Crippen LogP contribution in [-0.2, 0) is 29.0 Å². The second-order valence-electron chi connectivity index (χ2n) is 6.89. The van der Waals surface area contributed by atoms with Gasteiger partial charge in [0.25, 0.3) is 0 Å². The van der Waals surface area contributed by atoms with Crippen LogP contribution in [0.1, 0.15) is 24.8 Å². The normalized spacial score (nSPS) is 17.3. The van der Waals surface area contributed by atoms with Gasteiger partial charge in [-0.15, -0.1) is 0 Å². The fraction of sp³-hybridized carbons (Fsp3) is 0.650. The Balaban J connectivity index is 1.69. The lowest BCUT2D eigenvalue weighted by Gasteiger charge is -2.23. The molecule has 2 rings (SSSR count). The van der Waals surface area contributed by atoms with Crippen molar-refractivity contribution in [3.63, 3.8) is 0 Å². The molecule has 0 saturated carbocycles. The minimum absolute atomic E-state index is 0.0342. The lowest BCUT2D eigenvalue weighted by molar-refractivity contribution is -0.133. The molecule has 0 aromatic heterocycles. The molecule has 0 aliphatic carbocycles. The average Bonchev–Trinajstić information content (AvgIpc) is 2.68. The van der Waals surface area contributed by atoms with E-state index in [-0.39, 0.29) is 10.8 Å². The van der Waals surface area contributed by atoms with Crippen LogP contribution in [0, 0.1) is 6.92 Å². The molecule has 0 spiro atoms. The number of amides is 1. The Kier molecular flexibility index (Phi) is 10.6. The summed E-state index contributed by atoms with van der Waals surface area (Å²) >= 11 is 0. The van der Waals surface area contributed by atoms with Crippen molar-refractivity contribution in [2.75, 3.05) is 59.3 Å². The van der Waals surface area contributed by atoms with Crippen molar-refractivity contribution in [2.24, 2.45) is 0 Å². The Hall–Kier alpha value is -1.52. The first-order chi connectivity index (χ1) is 14.0. The number of nitrogens with one attached hydrogen (secondary N) is 1. The number of carbonyl (C=O) groups is 1. The minimum atomic E-state index is -3.51. The third-order valence-corrected chi connectivity index (χ3v) is 6.03. The molecule has 1 aliphatic heterocycles. The molecule has 29 heavy (non-hydrogen) atoms. The van der Waals surface area contributed by atoms with Crippen molar-refractivity contribution < 1.29 is 27.4 Å². The molecule has 1 aliphatic rings. The van der Waals surface area contributed by atoms with Crippen LogP contribution in [0.25, 0.3) is 0 Å². The number of hydrogen-bond acceptors (Lipinski definition) is 6. The highest BCUT2D eigenvalue weighted by Crippen LogP contribution is 2.10. The number of hydrogen-bond donors (Lipinski definition) is 1. The van der Waals surface area contributed by atoms with Crippen LogP contribution in [0.2, 0.25) is 0 Å². The summed E-state index contributed by atoms with van der Waals surface area (Å²) in [5, 5.41) is 0. The van der Waals surface area contributed by atoms with Crippen molar-refractivity contribution in [3.05, 3.63) is 29.8 Å². The van der Waals surface area contributed by atoms with E-state index >= 15 is 0 Å². The van der Waals surface area contributed by atoms with E-state index in [1.54, 1.807) is 29.2 Å². The summed E-state index contributed by atoms with van der Waals surface area (Å²) in [4.78, 5) is 14.5. The van der Waals surface area contributed by atoms with Crippen LogP contribution in [0.5, 0.6) is 0 Å². The monoisotopic (exact) mass is 428 g/mol. The Labute approximate surface area is 173 Å². The van der Waals surface area contributed by atoms with E-state index in [4.69, 9.17) is 14.2 Å². The second-order valence-corrected chi connectivity index (χ2v) is 8.65. The third-order valence-electron chi connectivity index (χ3n) is 4.55. The summed E-state index contributed by atoms with van der Waals surface area (Å²) in [6, 6.07) is 6.72. The van der Waals surface area contributed by atoms with E-state index in [1.165, 1.54) is 0 Å². The van der Waals surface area contributed by atoms with Gasteiger partial charge in [0.05, 0.1) is 44.5 Å². The molecule has 0 radical (unpaired) electrons. The highest BCUT2D eigenvalue weighted by molar-refractivity contribution is 7.89. The molecular formula is C20H32N2O6S. The summed E-state index contributed by atoms with van der Waals surface area (Å²) in [7, 11) is -3.51. The van der Waals surface area contributed by atoms with Crippen molar-refractivity contribution in [1.29, 1.82) is 0 Å². The number of nitrogens with zero attached hydrogens (tertiary/aromatic N) is 1. The van der Waals surface area contributed by atoms with Gasteiger partial charge in [0.15, 0.2) is 0 Å². The lowest BCUT2D eigenvalue weighted by atomic mass is 10.2. The second kappa shape index (κ2) is 12.9. The van der Waals surface area contributed by atoms with Gasteiger partial charge < -0.3 is 19.1 Å². The summed E-state index contributed by atoms with van der Waals surface area (Å²) in [6.45, 7) is 6.22. The first kappa shape index (κ1) is 23.8. The highest BCUT2D eigenvalue weighted by atomic mass is 32.2. The van der Waals surface area contributed by atoms with Crippen LogP contribution in [-0.4, -0.2) is 78.5 Å². The van der Waals surface area contributed by atoms with Gasteiger partial charge >= 0.3 is 0 Å². The smallest absolute Gasteiger partial charge is 0.240 e. The molecular weight excluding hydrogens is 396 g/mol. The summed E-state index contributed by atoms with van der Waals surface area (Å²) < 4.78 is 43.4. The van der Waals surface area contributed by atoms with Crippen molar-refractivity contribution in [2.45, 2.75) is 31.1 Å². The summed E-state index contributed by atoms with van der Waals surface area (Å²) in [5.74, 6) is 0.0342. The van der Waals surface area contributed by atoms with Gasteiger partial charge in [-0.2, -0.15) is 0 Å². The SMILES string of the molecule is Cc1ccc(S(=O)(=O)NCCCCC(=O)N2CCOCCOCCOCC2)cc1. The molecule has 1 amide bonds. The zero-order valence-corrected chi connectivity index (χ0v) is 17.9. The molecule has 1 aromatic rings. The van der Waals surface area contributed by atoms with Gasteiger partial charge in [0, 0.05) is 26.1 Å². The van der Waals surface area contributed by atoms with E-state index in [2.05, 4.69) is 4.72 Å². The molecule has 1 N–H and O–H groups in total. The minimum Gasteiger partial charge on any atom is -0.377 e. The highest BCUT2D eigenvalue weighted by Gasteiger charge is 2.15. The Morgan fingerprint density at radius 1 is 0.931 bits per heavy atom. The van der Waals surface area contributed by atoms with Crippen LogP contribution in [0.15, 0.2) is 29.2 Å². The molecule has 0 bridgehead atoms. The summed E-state index contributed by atoms with van der Waals surface area (Å²) in [5.41, 5.74) is 1.01. The van der Waals surface area contributed by atoms with Crippen LogP contribution in [0.4, 0.5) is 0 Å². The van der Waals surface area contributed by atoms with Crippen molar-refractivity contribution in [3.8, 4) is 0 Å². The quantitative estimate of drug-likeness (QED) is 0.659. The molecule has 9 heteroatoms. The van der Waals surface area contributed by atoms with Crippen molar-refractivity contribution >= 4 is 15.9 Å². The molecule has 1 heterocycles. The number of aryl methyl sites for hydroxylation is 1. The number of unbranched alkanes of at least 4 members (excludes halogenated alkanes) is 1. The first-order valence-corrected chi connectivity index (χ1v) is 11.5. The zero-order valence-electron chi connectivity index (χ0n) is 17.1. The lowest BCUT2D eigenvalue weighted by Crippen LogP contribution is -2.37. The van der Waals surface area contributed by atoms with Gasteiger partial charge in [0.1, 0.15) is 0 Å². The van der Waals surface area contributed by atoms with E-state index in [0.717, 1.165) is 5.56 Å². The van der Waals surface area contributed by atoms with Crippen molar-refractivity contribution in [1.82, 2.24) is 9.62 Å². The molecule has 1 fully saturated rings. The first-order valence-electron chi connectivity index (χ1n) is 10.1. The zero-order chi connectivity index (χ0) is 21.0. The Morgan fingerprint density at radius 3 is 2.07 bits per heavy atom. The molecule has 1 aromatic carbocycles. The fourth-order valence-electron chi connectivity index (χ4n) is 2.82. The topological polar surface area (TPSA) is 94.2 Å². The third kappa shape index (κ3) is 9.22. The Morgan fingerprint density at radius 2 is 1.48 bits per heavy atom. The van der Waals surface area contributed by atoms with E-state index < -0.39 is 10.0 Å². The number of carbonyl (C=O) groups excluding carboxylic acids is 1. The summed E-state index contributed by atoms with van der Waals surface area (Å²) in [6.07, 6.45) is 1.58. The predicted octanol–water partition coefficient (Wildman–Crippen LogP) is 1.34. The number of benzene rings is 1. The van der Waals surface area contributed by atoms with Gasteiger partial charge in [0.2, 0.25) is 15.9 Å². The maximum Gasteiger partial charge on any atom is 0.240 e. The molecule has 0 unspecified atom stereocenters. The molecule has 0 atom stereocenters. The molecule has 8 nitrogen and oxygen atoms in total. The number of sulfonamides is 1. The van der Waals surface area contributed by atoms with Gasteiger partial charge in [-0.05, 0) is 31.9 Å². The Bertz CT molecular complexity index is 696. The number of rotatable bonds is 7. The van der Waals surface area contributed by atoms with E-state index in [1.807, 2.05) is 6.92 Å². The van der Waals surface area contributed by atoms with E-state index in [9.17, 15) is 13.2 Å². The van der Waals surface area contributed by atoms with E-state index in [0.29, 0.717) is 78.5 Å². The van der Waals surface area contributed by atoms with Crippen LogP contribution < -0.4 is 4.72 Å². The fourth-order valence-corrected chi connectivity index (χ4v) is 3.89. The van der Waals surface area contributed by atoms with Gasteiger partial charge in [-0.25, -0.2) is 13.1 Å². The molecule has 164 valence electrons. The standard InChI is InChI=1S/C20H32N2O6S/c1-18-5-7-19(8-6-18)29(24,25)21-9-3-2-4-20(23)22-10-12-26-14-16-28-17-15-27-13-11-22/h5-8,21H,2-4,9-17H2,1H3. The predicted molar refractivity (Wildman–Crippen MR) is 109 cm³/mol. The molecule has 1 saturated heterocycles.